The molecule has 3 unspecified atom stereocenters. The first kappa shape index (κ1) is 14.2. The molecule has 0 radical (unpaired) electrons. The molecule has 0 spiro atoms. The molecule has 19 heavy (non-hydrogen) atoms. The van der Waals surface area contributed by atoms with E-state index in [0.717, 1.165) is 35.6 Å². The lowest BCUT2D eigenvalue weighted by atomic mass is 9.99. The van der Waals surface area contributed by atoms with Gasteiger partial charge < -0.3 is 19.9 Å². The largest absolute Gasteiger partial charge is 0.496 e. The van der Waals surface area contributed by atoms with Gasteiger partial charge in [0.05, 0.1) is 13.2 Å². The molecule has 4 heteroatoms. The highest BCUT2D eigenvalue weighted by atomic mass is 16.5. The van der Waals surface area contributed by atoms with Crippen molar-refractivity contribution in [3.8, 4) is 11.5 Å². The summed E-state index contributed by atoms with van der Waals surface area (Å²) in [5.41, 5.74) is 1.93. The van der Waals surface area contributed by atoms with E-state index in [4.69, 9.17) is 9.47 Å². The van der Waals surface area contributed by atoms with Gasteiger partial charge in [-0.2, -0.15) is 0 Å². The van der Waals surface area contributed by atoms with Crippen molar-refractivity contribution in [3.05, 3.63) is 23.3 Å². The van der Waals surface area contributed by atoms with Gasteiger partial charge in [-0.25, -0.2) is 0 Å². The zero-order valence-electron chi connectivity index (χ0n) is 12.1. The summed E-state index contributed by atoms with van der Waals surface area (Å²) in [5.74, 6) is 1.60. The average Bonchev–Trinajstić information content (AvgIpc) is 2.75. The molecule has 0 aliphatic carbocycles. The normalized spacial score (nSPS) is 20.6. The van der Waals surface area contributed by atoms with Crippen molar-refractivity contribution < 1.29 is 14.6 Å². The summed E-state index contributed by atoms with van der Waals surface area (Å²) in [6, 6.07) is 3.86. The molecule has 1 aliphatic heterocycles. The SMILES string of the molecule is CCNC(C)C(O)c1cc2c(cc1OC)CC(C)O2. The summed E-state index contributed by atoms with van der Waals surface area (Å²) in [6.07, 6.45) is 0.475. The second-order valence-electron chi connectivity index (χ2n) is 5.13. The zero-order valence-corrected chi connectivity index (χ0v) is 12.1. The van der Waals surface area contributed by atoms with Crippen LogP contribution in [-0.2, 0) is 6.42 Å². The summed E-state index contributed by atoms with van der Waals surface area (Å²) in [5, 5.41) is 13.7. The van der Waals surface area contributed by atoms with Gasteiger partial charge in [-0.15, -0.1) is 0 Å². The first-order valence-electron chi connectivity index (χ1n) is 6.85. The summed E-state index contributed by atoms with van der Waals surface area (Å²) in [6.45, 7) is 6.85. The van der Waals surface area contributed by atoms with Crippen molar-refractivity contribution in [1.29, 1.82) is 0 Å². The highest BCUT2D eigenvalue weighted by Gasteiger charge is 2.26. The summed E-state index contributed by atoms with van der Waals surface area (Å²) in [4.78, 5) is 0. The van der Waals surface area contributed by atoms with Crippen LogP contribution in [0.5, 0.6) is 11.5 Å². The Hall–Kier alpha value is -1.26. The smallest absolute Gasteiger partial charge is 0.125 e. The topological polar surface area (TPSA) is 50.7 Å². The molecule has 0 saturated carbocycles. The van der Waals surface area contributed by atoms with Crippen LogP contribution in [-0.4, -0.2) is 30.9 Å². The Morgan fingerprint density at radius 1 is 1.53 bits per heavy atom. The Morgan fingerprint density at radius 3 is 2.89 bits per heavy atom. The number of benzene rings is 1. The maximum Gasteiger partial charge on any atom is 0.125 e. The molecule has 106 valence electrons. The highest BCUT2D eigenvalue weighted by Crippen LogP contribution is 2.38. The molecule has 3 atom stereocenters. The number of ether oxygens (including phenoxy) is 2. The van der Waals surface area contributed by atoms with E-state index in [1.54, 1.807) is 7.11 Å². The van der Waals surface area contributed by atoms with Crippen molar-refractivity contribution in [1.82, 2.24) is 5.32 Å². The number of fused-ring (bicyclic) bond motifs is 1. The van der Waals surface area contributed by atoms with Crippen LogP contribution in [0.25, 0.3) is 0 Å². The molecule has 1 aromatic rings. The molecule has 0 fully saturated rings. The Kier molecular flexibility index (Phi) is 4.32. The van der Waals surface area contributed by atoms with Crippen LogP contribution in [0.15, 0.2) is 12.1 Å². The average molecular weight is 265 g/mol. The lowest BCUT2D eigenvalue weighted by molar-refractivity contribution is 0.133. The second kappa shape index (κ2) is 5.80. The van der Waals surface area contributed by atoms with Crippen molar-refractivity contribution >= 4 is 0 Å². The van der Waals surface area contributed by atoms with Crippen LogP contribution in [0.3, 0.4) is 0 Å². The molecule has 0 bridgehead atoms. The van der Waals surface area contributed by atoms with E-state index >= 15 is 0 Å². The third-order valence-corrected chi connectivity index (χ3v) is 3.57. The fraction of sp³-hybridized carbons (Fsp3) is 0.600. The molecular weight excluding hydrogens is 242 g/mol. The van der Waals surface area contributed by atoms with E-state index in [9.17, 15) is 5.11 Å². The number of aliphatic hydroxyl groups is 1. The fourth-order valence-corrected chi connectivity index (χ4v) is 2.57. The predicted molar refractivity (Wildman–Crippen MR) is 74.9 cm³/mol. The van der Waals surface area contributed by atoms with Crippen LogP contribution >= 0.6 is 0 Å². The Balaban J connectivity index is 2.32. The second-order valence-corrected chi connectivity index (χ2v) is 5.13. The van der Waals surface area contributed by atoms with Crippen molar-refractivity contribution in [2.24, 2.45) is 0 Å². The van der Waals surface area contributed by atoms with Gasteiger partial charge in [-0.05, 0) is 32.5 Å². The van der Waals surface area contributed by atoms with Crippen LogP contribution in [0.2, 0.25) is 0 Å². The van der Waals surface area contributed by atoms with E-state index < -0.39 is 6.10 Å². The van der Waals surface area contributed by atoms with Gasteiger partial charge in [0.2, 0.25) is 0 Å². The Morgan fingerprint density at radius 2 is 2.26 bits per heavy atom. The molecular formula is C15H23NO3. The minimum absolute atomic E-state index is 0.0317. The van der Waals surface area contributed by atoms with E-state index in [1.165, 1.54) is 0 Å². The highest BCUT2D eigenvalue weighted by molar-refractivity contribution is 5.49. The number of hydrogen-bond donors (Lipinski definition) is 2. The van der Waals surface area contributed by atoms with Gasteiger partial charge in [0.1, 0.15) is 17.6 Å². The van der Waals surface area contributed by atoms with Crippen LogP contribution in [0.1, 0.15) is 38.0 Å². The maximum absolute atomic E-state index is 10.4. The lowest BCUT2D eigenvalue weighted by Crippen LogP contribution is -2.32. The van der Waals surface area contributed by atoms with Gasteiger partial charge in [-0.3, -0.25) is 0 Å². The van der Waals surface area contributed by atoms with Gasteiger partial charge >= 0.3 is 0 Å². The first-order valence-corrected chi connectivity index (χ1v) is 6.85. The molecule has 4 nitrogen and oxygen atoms in total. The summed E-state index contributed by atoms with van der Waals surface area (Å²) < 4.78 is 11.2. The van der Waals surface area contributed by atoms with Crippen molar-refractivity contribution in [2.75, 3.05) is 13.7 Å². The molecule has 1 heterocycles. The van der Waals surface area contributed by atoms with Crippen LogP contribution in [0.4, 0.5) is 0 Å². The van der Waals surface area contributed by atoms with Gasteiger partial charge in [0.25, 0.3) is 0 Å². The monoisotopic (exact) mass is 265 g/mol. The maximum atomic E-state index is 10.4. The third-order valence-electron chi connectivity index (χ3n) is 3.57. The molecule has 0 aromatic heterocycles. The summed E-state index contributed by atoms with van der Waals surface area (Å²) >= 11 is 0. The molecule has 1 aliphatic rings. The predicted octanol–water partition coefficient (Wildman–Crippen LogP) is 2.05. The minimum atomic E-state index is -0.611. The van der Waals surface area contributed by atoms with Crippen molar-refractivity contribution in [2.45, 2.75) is 45.4 Å². The number of aliphatic hydroxyl groups excluding tert-OH is 1. The molecule has 1 aromatic carbocycles. The lowest BCUT2D eigenvalue weighted by Gasteiger charge is -2.22. The van der Waals surface area contributed by atoms with E-state index in [0.29, 0.717) is 0 Å². The summed E-state index contributed by atoms with van der Waals surface area (Å²) in [7, 11) is 1.63. The minimum Gasteiger partial charge on any atom is -0.496 e. The van der Waals surface area contributed by atoms with E-state index in [-0.39, 0.29) is 12.1 Å². The number of methoxy groups -OCH3 is 1. The number of likely N-dealkylation sites (N-methyl/N-ethyl adjacent to an activating group) is 1. The number of nitrogens with one attached hydrogen (secondary N) is 1. The Labute approximate surface area is 114 Å². The molecule has 0 saturated heterocycles. The standard InChI is InChI=1S/C15H23NO3/c1-5-16-10(3)15(17)12-8-13-11(6-9(2)19-13)7-14(12)18-4/h7-10,15-17H,5-6H2,1-4H3. The molecule has 2 N–H and O–H groups in total. The quantitative estimate of drug-likeness (QED) is 0.855. The van der Waals surface area contributed by atoms with Crippen LogP contribution in [0, 0.1) is 0 Å². The van der Waals surface area contributed by atoms with E-state index in [1.807, 2.05) is 32.9 Å². The number of rotatable bonds is 5. The molecule has 0 amide bonds. The fourth-order valence-electron chi connectivity index (χ4n) is 2.57. The van der Waals surface area contributed by atoms with Gasteiger partial charge in [0, 0.05) is 23.6 Å². The van der Waals surface area contributed by atoms with Gasteiger partial charge in [-0.1, -0.05) is 6.92 Å². The number of hydrogen-bond acceptors (Lipinski definition) is 4. The van der Waals surface area contributed by atoms with Crippen LogP contribution < -0.4 is 14.8 Å². The first-order chi connectivity index (χ1) is 9.06. The van der Waals surface area contributed by atoms with Gasteiger partial charge in [0.15, 0.2) is 0 Å². The van der Waals surface area contributed by atoms with E-state index in [2.05, 4.69) is 5.32 Å². The zero-order chi connectivity index (χ0) is 14.0. The van der Waals surface area contributed by atoms with Crippen molar-refractivity contribution in [3.63, 3.8) is 0 Å². The Bertz CT molecular complexity index is 447. The third kappa shape index (κ3) is 2.85. The molecule has 2 rings (SSSR count).